The fourth-order valence-corrected chi connectivity index (χ4v) is 3.65. The van der Waals surface area contributed by atoms with E-state index < -0.39 is 0 Å². The van der Waals surface area contributed by atoms with Gasteiger partial charge >= 0.3 is 0 Å². The van der Waals surface area contributed by atoms with E-state index in [2.05, 4.69) is 10.3 Å². The third-order valence-electron chi connectivity index (χ3n) is 4.48. The molecule has 0 saturated carbocycles. The van der Waals surface area contributed by atoms with Gasteiger partial charge in [-0.1, -0.05) is 23.2 Å². The highest BCUT2D eigenvalue weighted by Gasteiger charge is 2.18. The highest BCUT2D eigenvalue weighted by Crippen LogP contribution is 2.25. The van der Waals surface area contributed by atoms with Gasteiger partial charge in [-0.05, 0) is 42.3 Å². The first kappa shape index (κ1) is 17.7. The summed E-state index contributed by atoms with van der Waals surface area (Å²) in [5.74, 6) is -0.265. The zero-order chi connectivity index (χ0) is 19.1. The van der Waals surface area contributed by atoms with Crippen LogP contribution in [0.5, 0.6) is 0 Å². The molecule has 6 nitrogen and oxygen atoms in total. The van der Waals surface area contributed by atoms with Crippen molar-refractivity contribution in [2.75, 3.05) is 5.32 Å². The van der Waals surface area contributed by atoms with E-state index in [0.29, 0.717) is 28.9 Å². The average Bonchev–Trinajstić information content (AvgIpc) is 2.63. The maximum Gasteiger partial charge on any atom is 0.261 e. The van der Waals surface area contributed by atoms with Crippen molar-refractivity contribution in [3.05, 3.63) is 68.2 Å². The monoisotopic (exact) mass is 401 g/mol. The number of hydrogen-bond acceptors (Lipinski definition) is 4. The second kappa shape index (κ2) is 6.79. The van der Waals surface area contributed by atoms with E-state index in [-0.39, 0.29) is 34.2 Å². The van der Waals surface area contributed by atoms with E-state index in [1.165, 1.54) is 23.0 Å². The number of anilines is 1. The van der Waals surface area contributed by atoms with E-state index in [4.69, 9.17) is 23.2 Å². The van der Waals surface area contributed by atoms with Gasteiger partial charge in [0.2, 0.25) is 5.91 Å². The topological polar surface area (TPSA) is 81.1 Å². The number of amides is 1. The van der Waals surface area contributed by atoms with E-state index >= 15 is 0 Å². The van der Waals surface area contributed by atoms with Gasteiger partial charge in [0.25, 0.3) is 5.56 Å². The molecule has 0 spiro atoms. The summed E-state index contributed by atoms with van der Waals surface area (Å²) in [4.78, 5) is 41.0. The molecule has 2 heterocycles. The molecular formula is C19H13Cl2N3O3. The predicted molar refractivity (Wildman–Crippen MR) is 104 cm³/mol. The molecule has 8 heteroatoms. The standard InChI is InChI=1S/C19H13Cl2N3O3/c20-12-6-13-18(14(21)7-12)22-9-24(19(13)27)8-16(25)11-1-3-15-10(5-11)2-4-17(26)23-15/h1,3,5-7,9H,2,4,8H2,(H,23,26). The number of hydrogen-bond donors (Lipinski definition) is 1. The normalized spacial score (nSPS) is 13.3. The maximum absolute atomic E-state index is 12.7. The van der Waals surface area contributed by atoms with E-state index in [0.717, 1.165) is 11.3 Å². The Morgan fingerprint density at radius 2 is 1.96 bits per heavy atom. The molecule has 1 N–H and O–H groups in total. The molecule has 4 rings (SSSR count). The van der Waals surface area contributed by atoms with Crippen LogP contribution in [0.3, 0.4) is 0 Å². The first-order chi connectivity index (χ1) is 12.9. The second-order valence-electron chi connectivity index (χ2n) is 6.30. The minimum Gasteiger partial charge on any atom is -0.326 e. The summed E-state index contributed by atoms with van der Waals surface area (Å²) in [5, 5.41) is 3.64. The summed E-state index contributed by atoms with van der Waals surface area (Å²) in [6, 6.07) is 8.10. The summed E-state index contributed by atoms with van der Waals surface area (Å²) in [5.41, 5.74) is 2.06. The van der Waals surface area contributed by atoms with Crippen molar-refractivity contribution in [2.45, 2.75) is 19.4 Å². The number of halogens is 2. The van der Waals surface area contributed by atoms with Gasteiger partial charge in [0, 0.05) is 22.7 Å². The Morgan fingerprint density at radius 3 is 2.78 bits per heavy atom. The Kier molecular flexibility index (Phi) is 4.45. The molecule has 1 amide bonds. The van der Waals surface area contributed by atoms with E-state index in [1.807, 2.05) is 0 Å². The lowest BCUT2D eigenvalue weighted by Crippen LogP contribution is -2.25. The number of rotatable bonds is 3. The van der Waals surface area contributed by atoms with Gasteiger partial charge in [0.1, 0.15) is 0 Å². The molecule has 0 bridgehead atoms. The van der Waals surface area contributed by atoms with Gasteiger partial charge in [-0.25, -0.2) is 4.98 Å². The molecule has 0 aliphatic carbocycles. The fourth-order valence-electron chi connectivity index (χ4n) is 3.11. The van der Waals surface area contributed by atoms with E-state index in [9.17, 15) is 14.4 Å². The smallest absolute Gasteiger partial charge is 0.261 e. The molecule has 1 aromatic heterocycles. The van der Waals surface area contributed by atoms with Crippen molar-refractivity contribution in [1.82, 2.24) is 9.55 Å². The molecule has 0 saturated heterocycles. The van der Waals surface area contributed by atoms with E-state index in [1.54, 1.807) is 18.2 Å². The van der Waals surface area contributed by atoms with Gasteiger partial charge in [0.05, 0.1) is 28.8 Å². The largest absolute Gasteiger partial charge is 0.326 e. The number of aryl methyl sites for hydroxylation is 1. The Morgan fingerprint density at radius 1 is 1.15 bits per heavy atom. The molecule has 1 aliphatic rings. The van der Waals surface area contributed by atoms with Crippen molar-refractivity contribution >= 4 is 51.5 Å². The van der Waals surface area contributed by atoms with Gasteiger partial charge in [-0.15, -0.1) is 0 Å². The minimum absolute atomic E-state index is 0.0345. The van der Waals surface area contributed by atoms with Crippen molar-refractivity contribution in [2.24, 2.45) is 0 Å². The molecule has 0 unspecified atom stereocenters. The second-order valence-corrected chi connectivity index (χ2v) is 7.15. The van der Waals surface area contributed by atoms with Crippen molar-refractivity contribution < 1.29 is 9.59 Å². The summed E-state index contributed by atoms with van der Waals surface area (Å²) in [6.07, 6.45) is 2.28. The lowest BCUT2D eigenvalue weighted by atomic mass is 9.99. The number of ketones is 1. The van der Waals surface area contributed by atoms with Crippen LogP contribution in [0.25, 0.3) is 10.9 Å². The number of nitrogens with zero attached hydrogens (tertiary/aromatic N) is 2. The molecule has 27 heavy (non-hydrogen) atoms. The van der Waals surface area contributed by atoms with Crippen LogP contribution in [-0.4, -0.2) is 21.2 Å². The molecule has 3 aromatic rings. The first-order valence-corrected chi connectivity index (χ1v) is 8.98. The van der Waals surface area contributed by atoms with Crippen molar-refractivity contribution in [1.29, 1.82) is 0 Å². The van der Waals surface area contributed by atoms with Gasteiger partial charge < -0.3 is 5.32 Å². The van der Waals surface area contributed by atoms with Crippen LogP contribution < -0.4 is 10.9 Å². The van der Waals surface area contributed by atoms with Crippen LogP contribution in [0.15, 0.2) is 41.5 Å². The summed E-state index contributed by atoms with van der Waals surface area (Å²) in [6.45, 7) is -0.156. The molecule has 0 fully saturated rings. The quantitative estimate of drug-likeness (QED) is 0.681. The maximum atomic E-state index is 12.7. The average molecular weight is 402 g/mol. The SMILES string of the molecule is O=C1CCc2cc(C(=O)Cn3cnc4c(Cl)cc(Cl)cc4c3=O)ccc2N1. The van der Waals surface area contributed by atoms with Crippen LogP contribution in [0, 0.1) is 0 Å². The number of Topliss-reactive ketones (excluding diaryl/α,β-unsaturated/α-hetero) is 1. The number of fused-ring (bicyclic) bond motifs is 2. The molecular weight excluding hydrogens is 389 g/mol. The van der Waals surface area contributed by atoms with Crippen LogP contribution >= 0.6 is 23.2 Å². The molecule has 0 radical (unpaired) electrons. The first-order valence-electron chi connectivity index (χ1n) is 8.22. The Labute approximate surface area is 163 Å². The Hall–Kier alpha value is -2.70. The van der Waals surface area contributed by atoms with Gasteiger partial charge in [-0.2, -0.15) is 0 Å². The predicted octanol–water partition coefficient (Wildman–Crippen LogP) is 3.47. The summed E-state index contributed by atoms with van der Waals surface area (Å²) < 4.78 is 1.23. The molecule has 2 aromatic carbocycles. The van der Waals surface area contributed by atoms with Gasteiger partial charge in [-0.3, -0.25) is 19.0 Å². The number of aromatic nitrogens is 2. The minimum atomic E-state index is -0.386. The van der Waals surface area contributed by atoms with Crippen LogP contribution in [-0.2, 0) is 17.8 Å². The lowest BCUT2D eigenvalue weighted by molar-refractivity contribution is -0.116. The van der Waals surface area contributed by atoms with Gasteiger partial charge in [0.15, 0.2) is 5.78 Å². The highest BCUT2D eigenvalue weighted by molar-refractivity contribution is 6.38. The number of carbonyl (C=O) groups is 2. The Balaban J connectivity index is 1.66. The third-order valence-corrected chi connectivity index (χ3v) is 4.99. The molecule has 136 valence electrons. The Bertz CT molecular complexity index is 1170. The zero-order valence-electron chi connectivity index (χ0n) is 14.0. The van der Waals surface area contributed by atoms with Crippen LogP contribution in [0.2, 0.25) is 10.0 Å². The molecule has 1 aliphatic heterocycles. The van der Waals surface area contributed by atoms with Crippen LogP contribution in [0.1, 0.15) is 22.3 Å². The number of carbonyl (C=O) groups excluding carboxylic acids is 2. The van der Waals surface area contributed by atoms with Crippen molar-refractivity contribution in [3.8, 4) is 0 Å². The fraction of sp³-hybridized carbons (Fsp3) is 0.158. The van der Waals surface area contributed by atoms with Crippen LogP contribution in [0.4, 0.5) is 5.69 Å². The lowest BCUT2D eigenvalue weighted by Gasteiger charge is -2.17. The number of benzene rings is 2. The molecule has 0 atom stereocenters. The number of nitrogens with one attached hydrogen (secondary N) is 1. The zero-order valence-corrected chi connectivity index (χ0v) is 15.5. The summed E-state index contributed by atoms with van der Waals surface area (Å²) in [7, 11) is 0. The summed E-state index contributed by atoms with van der Waals surface area (Å²) >= 11 is 12.0. The third kappa shape index (κ3) is 3.34. The highest BCUT2D eigenvalue weighted by atomic mass is 35.5. The van der Waals surface area contributed by atoms with Crippen molar-refractivity contribution in [3.63, 3.8) is 0 Å².